The number of anilines is 1. The Labute approximate surface area is 110 Å². The maximum absolute atomic E-state index is 8.74. The van der Waals surface area contributed by atoms with Gasteiger partial charge in [0.05, 0.1) is 6.20 Å². The summed E-state index contributed by atoms with van der Waals surface area (Å²) in [6, 6.07) is 6.04. The van der Waals surface area contributed by atoms with Crippen LogP contribution in [0.15, 0.2) is 22.7 Å². The molecule has 0 saturated carbocycles. The van der Waals surface area contributed by atoms with Crippen LogP contribution in [0.3, 0.4) is 0 Å². The van der Waals surface area contributed by atoms with Gasteiger partial charge in [-0.1, -0.05) is 25.2 Å². The smallest absolute Gasteiger partial charge is 0.183 e. The lowest BCUT2D eigenvalue weighted by Gasteiger charge is -2.22. The van der Waals surface area contributed by atoms with Gasteiger partial charge in [0.2, 0.25) is 0 Å². The van der Waals surface area contributed by atoms with E-state index in [1.165, 1.54) is 11.3 Å². The Morgan fingerprint density at radius 3 is 2.83 bits per heavy atom. The molecule has 4 nitrogen and oxygen atoms in total. The van der Waals surface area contributed by atoms with E-state index >= 15 is 0 Å². The monoisotopic (exact) mass is 261 g/mol. The first kappa shape index (κ1) is 12.7. The zero-order valence-corrected chi connectivity index (χ0v) is 11.5. The van der Waals surface area contributed by atoms with Gasteiger partial charge >= 0.3 is 0 Å². The van der Waals surface area contributed by atoms with Gasteiger partial charge in [0, 0.05) is 12.0 Å². The highest BCUT2D eigenvalue weighted by Crippen LogP contribution is 2.26. The summed E-state index contributed by atoms with van der Waals surface area (Å²) in [5.74, 6) is 1.86. The summed E-state index contributed by atoms with van der Waals surface area (Å²) in [6.45, 7) is 6.86. The number of hydrogen-bond acceptors (Lipinski definition) is 5. The summed E-state index contributed by atoms with van der Waals surface area (Å²) in [5.41, 5.74) is -0.118. The van der Waals surface area contributed by atoms with Crippen LogP contribution in [0.5, 0.6) is 0 Å². The number of nitrogens with zero attached hydrogens (tertiary/aromatic N) is 2. The zero-order chi connectivity index (χ0) is 13.2. The highest BCUT2D eigenvalue weighted by Gasteiger charge is 2.24. The van der Waals surface area contributed by atoms with Crippen LogP contribution in [0.4, 0.5) is 5.13 Å². The van der Waals surface area contributed by atoms with Crippen molar-refractivity contribution in [3.8, 4) is 6.07 Å². The van der Waals surface area contributed by atoms with Crippen molar-refractivity contribution in [2.45, 2.75) is 26.2 Å². The first-order chi connectivity index (χ1) is 8.51. The average molecular weight is 261 g/mol. The van der Waals surface area contributed by atoms with E-state index in [2.05, 4.69) is 30.2 Å². The number of aryl methyl sites for hydroxylation is 1. The average Bonchev–Trinajstić information content (AvgIpc) is 2.95. The summed E-state index contributed by atoms with van der Waals surface area (Å²) < 4.78 is 5.65. The first-order valence-electron chi connectivity index (χ1n) is 5.68. The van der Waals surface area contributed by atoms with E-state index in [1.54, 1.807) is 6.20 Å². The van der Waals surface area contributed by atoms with Crippen LogP contribution in [-0.4, -0.2) is 11.5 Å². The van der Waals surface area contributed by atoms with Crippen molar-refractivity contribution < 1.29 is 4.42 Å². The van der Waals surface area contributed by atoms with Crippen LogP contribution >= 0.6 is 11.3 Å². The van der Waals surface area contributed by atoms with Crippen molar-refractivity contribution >= 4 is 16.5 Å². The van der Waals surface area contributed by atoms with Crippen LogP contribution in [0.2, 0.25) is 0 Å². The third-order valence-electron chi connectivity index (χ3n) is 2.70. The molecule has 0 aliphatic carbocycles. The van der Waals surface area contributed by atoms with Gasteiger partial charge in [-0.15, -0.1) is 0 Å². The second-order valence-electron chi connectivity index (χ2n) is 4.79. The molecule has 94 valence electrons. The van der Waals surface area contributed by atoms with Crippen molar-refractivity contribution in [3.05, 3.63) is 34.7 Å². The number of nitriles is 1. The maximum atomic E-state index is 8.74. The quantitative estimate of drug-likeness (QED) is 0.917. The van der Waals surface area contributed by atoms with Crippen molar-refractivity contribution in [1.82, 2.24) is 4.98 Å². The molecule has 2 rings (SSSR count). The minimum absolute atomic E-state index is 0.118. The molecule has 0 aromatic carbocycles. The number of hydrogen-bond donors (Lipinski definition) is 1. The topological polar surface area (TPSA) is 61.9 Å². The van der Waals surface area contributed by atoms with Gasteiger partial charge in [0.1, 0.15) is 22.5 Å². The number of rotatable bonds is 4. The molecule has 5 heteroatoms. The van der Waals surface area contributed by atoms with Crippen LogP contribution in [0.1, 0.15) is 30.2 Å². The molecule has 2 aromatic rings. The third-order valence-corrected chi connectivity index (χ3v) is 3.56. The molecule has 1 N–H and O–H groups in total. The fourth-order valence-electron chi connectivity index (χ4n) is 1.59. The third kappa shape index (κ3) is 2.71. The van der Waals surface area contributed by atoms with Crippen molar-refractivity contribution in [2.24, 2.45) is 0 Å². The molecular weight excluding hydrogens is 246 g/mol. The van der Waals surface area contributed by atoms with E-state index in [1.807, 2.05) is 19.1 Å². The van der Waals surface area contributed by atoms with Gasteiger partial charge in [0.15, 0.2) is 5.13 Å². The van der Waals surface area contributed by atoms with E-state index in [9.17, 15) is 0 Å². The molecule has 0 spiro atoms. The zero-order valence-electron chi connectivity index (χ0n) is 10.7. The molecule has 0 saturated heterocycles. The lowest BCUT2D eigenvalue weighted by molar-refractivity contribution is 0.386. The molecule has 18 heavy (non-hydrogen) atoms. The lowest BCUT2D eigenvalue weighted by Crippen LogP contribution is -2.27. The van der Waals surface area contributed by atoms with E-state index in [4.69, 9.17) is 9.68 Å². The molecule has 0 aliphatic rings. The Morgan fingerprint density at radius 1 is 1.50 bits per heavy atom. The predicted octanol–water partition coefficient (Wildman–Crippen LogP) is 3.31. The normalized spacial score (nSPS) is 11.2. The minimum Gasteiger partial charge on any atom is -0.466 e. The molecule has 0 aliphatic heterocycles. The first-order valence-corrected chi connectivity index (χ1v) is 6.49. The molecule has 0 amide bonds. The summed E-state index contributed by atoms with van der Waals surface area (Å²) >= 11 is 1.36. The number of thiazole rings is 1. The van der Waals surface area contributed by atoms with Crippen molar-refractivity contribution in [1.29, 1.82) is 5.26 Å². The Kier molecular flexibility index (Phi) is 3.39. The minimum atomic E-state index is -0.118. The Balaban J connectivity index is 2.03. The standard InChI is InChI=1S/C13H15N3OS/c1-9-4-5-11(17-9)13(2,3)8-16-12-15-7-10(6-14)18-12/h4-5,7H,8H2,1-3H3,(H,15,16). The molecule has 0 radical (unpaired) electrons. The SMILES string of the molecule is Cc1ccc(C(C)(C)CNc2ncc(C#N)s2)o1. The van der Waals surface area contributed by atoms with Crippen molar-refractivity contribution in [3.63, 3.8) is 0 Å². The second-order valence-corrected chi connectivity index (χ2v) is 5.82. The number of aromatic nitrogens is 1. The summed E-state index contributed by atoms with van der Waals surface area (Å²) in [6.07, 6.45) is 1.58. The molecule has 0 bridgehead atoms. The fraction of sp³-hybridized carbons (Fsp3) is 0.385. The summed E-state index contributed by atoms with van der Waals surface area (Å²) in [5, 5.41) is 12.7. The van der Waals surface area contributed by atoms with Gasteiger partial charge in [-0.25, -0.2) is 4.98 Å². The van der Waals surface area contributed by atoms with Gasteiger partial charge in [-0.3, -0.25) is 0 Å². The number of furan rings is 1. The van der Waals surface area contributed by atoms with E-state index in [0.717, 1.165) is 16.7 Å². The highest BCUT2D eigenvalue weighted by molar-refractivity contribution is 7.16. The van der Waals surface area contributed by atoms with E-state index in [0.29, 0.717) is 11.4 Å². The fourth-order valence-corrected chi connectivity index (χ4v) is 2.20. The number of nitrogens with one attached hydrogen (secondary N) is 1. The molecule has 0 unspecified atom stereocenters. The summed E-state index contributed by atoms with van der Waals surface area (Å²) in [4.78, 5) is 4.76. The largest absolute Gasteiger partial charge is 0.466 e. The van der Waals surface area contributed by atoms with Gasteiger partial charge in [-0.05, 0) is 19.1 Å². The second kappa shape index (κ2) is 4.83. The van der Waals surface area contributed by atoms with Crippen LogP contribution in [-0.2, 0) is 5.41 Å². The predicted molar refractivity (Wildman–Crippen MR) is 71.8 cm³/mol. The van der Waals surface area contributed by atoms with E-state index < -0.39 is 0 Å². The highest BCUT2D eigenvalue weighted by atomic mass is 32.1. The molecule has 0 fully saturated rings. The van der Waals surface area contributed by atoms with Crippen LogP contribution < -0.4 is 5.32 Å². The van der Waals surface area contributed by atoms with Crippen LogP contribution in [0, 0.1) is 18.3 Å². The Morgan fingerprint density at radius 2 is 2.28 bits per heavy atom. The van der Waals surface area contributed by atoms with Gasteiger partial charge in [-0.2, -0.15) is 5.26 Å². The van der Waals surface area contributed by atoms with Gasteiger partial charge < -0.3 is 9.73 Å². The van der Waals surface area contributed by atoms with E-state index in [-0.39, 0.29) is 5.41 Å². The molecule has 0 atom stereocenters. The summed E-state index contributed by atoms with van der Waals surface area (Å²) in [7, 11) is 0. The molecule has 2 aromatic heterocycles. The Bertz CT molecular complexity index is 577. The lowest BCUT2D eigenvalue weighted by atomic mass is 9.90. The van der Waals surface area contributed by atoms with Crippen LogP contribution in [0.25, 0.3) is 0 Å². The molecule has 2 heterocycles. The molecular formula is C13H15N3OS. The van der Waals surface area contributed by atoms with Crippen molar-refractivity contribution in [2.75, 3.05) is 11.9 Å². The maximum Gasteiger partial charge on any atom is 0.183 e. The Hall–Kier alpha value is -1.80. The van der Waals surface area contributed by atoms with Gasteiger partial charge in [0.25, 0.3) is 0 Å².